The number of carbonyl (C=O) groups is 1. The molecule has 0 spiro atoms. The van der Waals surface area contributed by atoms with E-state index in [1.807, 2.05) is 70.5 Å². The average Bonchev–Trinajstić information content (AvgIpc) is 2.99. The van der Waals surface area contributed by atoms with Gasteiger partial charge >= 0.3 is 0 Å². The Hall–Kier alpha value is -2.82. The lowest BCUT2D eigenvalue weighted by atomic mass is 10.1. The third-order valence-electron chi connectivity index (χ3n) is 4.38. The fraction of sp³-hybridized carbons (Fsp3) is 0.263. The number of hydrogen-bond donors (Lipinski definition) is 0. The largest absolute Gasteiger partial charge is 0.463 e. The number of ether oxygens (including phenoxy) is 1. The Balaban J connectivity index is 1.48. The minimum Gasteiger partial charge on any atom is -0.463 e. The maximum atomic E-state index is 12.5. The van der Waals surface area contributed by atoms with Gasteiger partial charge in [-0.05, 0) is 17.7 Å². The second-order valence-electron chi connectivity index (χ2n) is 6.08. The molecule has 1 unspecified atom stereocenters. The number of para-hydroxylation sites is 1. The van der Waals surface area contributed by atoms with Crippen LogP contribution in [0.4, 0.5) is 5.69 Å². The fourth-order valence-corrected chi connectivity index (χ4v) is 3.12. The van der Waals surface area contributed by atoms with Gasteiger partial charge in [0.1, 0.15) is 13.2 Å². The van der Waals surface area contributed by atoms with Crippen LogP contribution in [0.3, 0.4) is 0 Å². The van der Waals surface area contributed by atoms with E-state index in [0.29, 0.717) is 32.3 Å². The molecule has 0 aliphatic carbocycles. The van der Waals surface area contributed by atoms with Crippen molar-refractivity contribution < 1.29 is 9.53 Å². The van der Waals surface area contributed by atoms with Crippen LogP contribution in [0.25, 0.3) is 0 Å². The number of fused-ring (bicyclic) bond motifs is 1. The second-order valence-corrected chi connectivity index (χ2v) is 6.08. The van der Waals surface area contributed by atoms with Gasteiger partial charge in [-0.15, -0.1) is 0 Å². The van der Waals surface area contributed by atoms with Gasteiger partial charge in [0.2, 0.25) is 5.91 Å². The van der Waals surface area contributed by atoms with Crippen LogP contribution >= 0.6 is 0 Å². The molecule has 2 aromatic carbocycles. The standard InChI is InChI=1S/C19H19N3O2/c23-18-13-22-17(12-21(18)11-15-7-3-1-4-8-15)14-24-19(22)20-16-9-5-2-6-10-16/h1-10,17H,11-14H2. The summed E-state index contributed by atoms with van der Waals surface area (Å²) in [5.41, 5.74) is 1.99. The Bertz CT molecular complexity index is 746. The molecule has 2 aliphatic rings. The first kappa shape index (κ1) is 14.8. The van der Waals surface area contributed by atoms with Crippen molar-refractivity contribution in [3.8, 4) is 0 Å². The van der Waals surface area contributed by atoms with Gasteiger partial charge in [-0.1, -0.05) is 48.5 Å². The Morgan fingerprint density at radius 1 is 1.04 bits per heavy atom. The molecule has 5 heteroatoms. The zero-order valence-corrected chi connectivity index (χ0v) is 13.3. The Kier molecular flexibility index (Phi) is 3.91. The first-order chi connectivity index (χ1) is 11.8. The summed E-state index contributed by atoms with van der Waals surface area (Å²) in [6, 6.07) is 20.5. The lowest BCUT2D eigenvalue weighted by Gasteiger charge is -2.36. The molecule has 0 radical (unpaired) electrons. The van der Waals surface area contributed by atoms with Crippen LogP contribution < -0.4 is 0 Å². The van der Waals surface area contributed by atoms with E-state index >= 15 is 0 Å². The molecule has 5 nitrogen and oxygen atoms in total. The van der Waals surface area contributed by atoms with Crippen molar-refractivity contribution in [2.75, 3.05) is 19.7 Å². The number of piperazine rings is 1. The van der Waals surface area contributed by atoms with Crippen molar-refractivity contribution in [1.82, 2.24) is 9.80 Å². The molecular weight excluding hydrogens is 302 g/mol. The lowest BCUT2D eigenvalue weighted by molar-refractivity contribution is -0.136. The Morgan fingerprint density at radius 3 is 2.50 bits per heavy atom. The molecule has 0 bridgehead atoms. The van der Waals surface area contributed by atoms with Crippen molar-refractivity contribution >= 4 is 17.6 Å². The molecule has 0 aromatic heterocycles. The molecule has 1 atom stereocenters. The molecular formula is C19H19N3O2. The topological polar surface area (TPSA) is 45.1 Å². The predicted octanol–water partition coefficient (Wildman–Crippen LogP) is 2.42. The zero-order chi connectivity index (χ0) is 16.4. The minimum absolute atomic E-state index is 0.112. The molecule has 2 fully saturated rings. The van der Waals surface area contributed by atoms with E-state index in [9.17, 15) is 4.79 Å². The summed E-state index contributed by atoms with van der Waals surface area (Å²) >= 11 is 0. The summed E-state index contributed by atoms with van der Waals surface area (Å²) in [6.45, 7) is 2.21. The molecule has 122 valence electrons. The molecule has 0 saturated carbocycles. The smallest absolute Gasteiger partial charge is 0.293 e. The monoisotopic (exact) mass is 321 g/mol. The van der Waals surface area contributed by atoms with Crippen LogP contribution in [0, 0.1) is 0 Å². The molecule has 4 rings (SSSR count). The number of aliphatic imine (C=N–C) groups is 1. The van der Waals surface area contributed by atoms with Gasteiger partial charge in [-0.25, -0.2) is 0 Å². The number of nitrogens with zero attached hydrogens (tertiary/aromatic N) is 3. The summed E-state index contributed by atoms with van der Waals surface area (Å²) in [7, 11) is 0. The van der Waals surface area contributed by atoms with E-state index in [4.69, 9.17) is 4.74 Å². The van der Waals surface area contributed by atoms with Gasteiger partial charge in [-0.3, -0.25) is 4.79 Å². The van der Waals surface area contributed by atoms with E-state index in [0.717, 1.165) is 11.3 Å². The van der Waals surface area contributed by atoms with E-state index in [2.05, 4.69) is 4.99 Å². The molecule has 24 heavy (non-hydrogen) atoms. The average molecular weight is 321 g/mol. The van der Waals surface area contributed by atoms with Gasteiger partial charge in [0, 0.05) is 13.1 Å². The van der Waals surface area contributed by atoms with E-state index in [-0.39, 0.29) is 11.9 Å². The number of rotatable bonds is 3. The molecule has 2 aromatic rings. The fourth-order valence-electron chi connectivity index (χ4n) is 3.12. The van der Waals surface area contributed by atoms with Gasteiger partial charge in [0.15, 0.2) is 0 Å². The highest BCUT2D eigenvalue weighted by molar-refractivity contribution is 5.87. The van der Waals surface area contributed by atoms with Crippen molar-refractivity contribution in [3.63, 3.8) is 0 Å². The van der Waals surface area contributed by atoms with Crippen LogP contribution in [0.15, 0.2) is 65.7 Å². The highest BCUT2D eigenvalue weighted by atomic mass is 16.5. The van der Waals surface area contributed by atoms with Crippen LogP contribution in [0.1, 0.15) is 5.56 Å². The van der Waals surface area contributed by atoms with Crippen molar-refractivity contribution in [1.29, 1.82) is 0 Å². The summed E-state index contributed by atoms with van der Waals surface area (Å²) < 4.78 is 5.75. The van der Waals surface area contributed by atoms with Gasteiger partial charge in [-0.2, -0.15) is 4.99 Å². The van der Waals surface area contributed by atoms with E-state index in [1.165, 1.54) is 0 Å². The number of carbonyl (C=O) groups excluding carboxylic acids is 1. The quantitative estimate of drug-likeness (QED) is 0.872. The highest BCUT2D eigenvalue weighted by Gasteiger charge is 2.39. The molecule has 2 aliphatic heterocycles. The third-order valence-corrected chi connectivity index (χ3v) is 4.38. The molecule has 1 amide bonds. The molecule has 2 heterocycles. The minimum atomic E-state index is 0.112. The summed E-state index contributed by atoms with van der Waals surface area (Å²) in [5.74, 6) is 0.112. The normalized spacial score (nSPS) is 21.8. The second kappa shape index (κ2) is 6.35. The number of benzene rings is 2. The molecule has 2 saturated heterocycles. The first-order valence-corrected chi connectivity index (χ1v) is 8.14. The predicted molar refractivity (Wildman–Crippen MR) is 91.8 cm³/mol. The number of hydrogen-bond acceptors (Lipinski definition) is 3. The summed E-state index contributed by atoms with van der Waals surface area (Å²) in [6.07, 6.45) is 0. The summed E-state index contributed by atoms with van der Waals surface area (Å²) in [5, 5.41) is 0. The van der Waals surface area contributed by atoms with Gasteiger partial charge < -0.3 is 14.5 Å². The van der Waals surface area contributed by atoms with Gasteiger partial charge in [0.25, 0.3) is 6.02 Å². The van der Waals surface area contributed by atoms with E-state index < -0.39 is 0 Å². The van der Waals surface area contributed by atoms with Crippen LogP contribution in [-0.2, 0) is 16.1 Å². The van der Waals surface area contributed by atoms with Crippen LogP contribution in [0.2, 0.25) is 0 Å². The zero-order valence-electron chi connectivity index (χ0n) is 13.3. The van der Waals surface area contributed by atoms with Crippen molar-refractivity contribution in [2.45, 2.75) is 12.6 Å². The maximum absolute atomic E-state index is 12.5. The third kappa shape index (κ3) is 2.97. The van der Waals surface area contributed by atoms with Crippen LogP contribution in [-0.4, -0.2) is 47.5 Å². The SMILES string of the molecule is O=C1CN2C(=Nc3ccccc3)OCC2CN1Cc1ccccc1. The van der Waals surface area contributed by atoms with E-state index in [1.54, 1.807) is 0 Å². The lowest BCUT2D eigenvalue weighted by Crippen LogP contribution is -2.55. The summed E-state index contributed by atoms with van der Waals surface area (Å²) in [4.78, 5) is 20.9. The van der Waals surface area contributed by atoms with Crippen molar-refractivity contribution in [2.24, 2.45) is 4.99 Å². The van der Waals surface area contributed by atoms with Crippen LogP contribution in [0.5, 0.6) is 0 Å². The first-order valence-electron chi connectivity index (χ1n) is 8.14. The Morgan fingerprint density at radius 2 is 1.75 bits per heavy atom. The van der Waals surface area contributed by atoms with Gasteiger partial charge in [0.05, 0.1) is 11.7 Å². The Labute approximate surface area is 141 Å². The van der Waals surface area contributed by atoms with Crippen molar-refractivity contribution in [3.05, 3.63) is 66.2 Å². The molecule has 0 N–H and O–H groups in total. The maximum Gasteiger partial charge on any atom is 0.293 e. The highest BCUT2D eigenvalue weighted by Crippen LogP contribution is 2.23. The number of amidine groups is 1. The number of amides is 1.